The largest absolute Gasteiger partial charge is 0.398 e. The second-order valence-electron chi connectivity index (χ2n) is 4.23. The van der Waals surface area contributed by atoms with Crippen LogP contribution in [0.3, 0.4) is 0 Å². The first kappa shape index (κ1) is 16.8. The van der Waals surface area contributed by atoms with Crippen LogP contribution in [-0.4, -0.2) is 39.9 Å². The fraction of sp³-hybridized carbons (Fsp3) is 0.500. The molecule has 0 spiro atoms. The van der Waals surface area contributed by atoms with Gasteiger partial charge in [0, 0.05) is 18.8 Å². The van der Waals surface area contributed by atoms with Crippen molar-refractivity contribution in [3.63, 3.8) is 0 Å². The number of sulfonamides is 1. The average molecular weight is 306 g/mol. The van der Waals surface area contributed by atoms with Gasteiger partial charge in [0.25, 0.3) is 0 Å². The summed E-state index contributed by atoms with van der Waals surface area (Å²) in [7, 11) is -3.93. The Morgan fingerprint density at radius 2 is 2.10 bits per heavy atom. The van der Waals surface area contributed by atoms with Gasteiger partial charge in [-0.3, -0.25) is 0 Å². The Morgan fingerprint density at radius 3 is 2.75 bits per heavy atom. The monoisotopic (exact) mass is 306 g/mol. The zero-order valence-corrected chi connectivity index (χ0v) is 12.0. The van der Waals surface area contributed by atoms with Gasteiger partial charge in [-0.2, -0.15) is 0 Å². The molecule has 114 valence electrons. The minimum Gasteiger partial charge on any atom is -0.398 e. The summed E-state index contributed by atoms with van der Waals surface area (Å²) in [6.45, 7) is 2.14. The molecule has 0 saturated heterocycles. The lowest BCUT2D eigenvalue weighted by Gasteiger charge is -2.10. The molecule has 1 aromatic rings. The molecule has 8 heteroatoms. The van der Waals surface area contributed by atoms with E-state index in [2.05, 4.69) is 4.72 Å². The third kappa shape index (κ3) is 4.71. The number of nitrogens with one attached hydrogen (secondary N) is 1. The molecule has 0 heterocycles. The lowest BCUT2D eigenvalue weighted by molar-refractivity contribution is 0.0913. The van der Waals surface area contributed by atoms with Crippen LogP contribution >= 0.6 is 0 Å². The highest BCUT2D eigenvalue weighted by Gasteiger charge is 2.19. The normalized spacial score (nSPS) is 11.8. The standard InChI is InChI=1S/C12H19FN2O4S/c1-9-7-10(13)12(8-11(9)14)20(17,18)15-3-2-5-19-6-4-16/h7-8,15-16H,2-6,14H2,1H3. The first-order chi connectivity index (χ1) is 9.38. The Morgan fingerprint density at radius 1 is 1.40 bits per heavy atom. The van der Waals surface area contributed by atoms with Gasteiger partial charge < -0.3 is 15.6 Å². The third-order valence-corrected chi connectivity index (χ3v) is 4.08. The molecule has 6 nitrogen and oxygen atoms in total. The molecule has 0 unspecified atom stereocenters. The van der Waals surface area contributed by atoms with Crippen molar-refractivity contribution in [2.24, 2.45) is 0 Å². The molecule has 0 aromatic heterocycles. The highest BCUT2D eigenvalue weighted by atomic mass is 32.2. The number of nitrogen functional groups attached to an aromatic ring is 1. The van der Waals surface area contributed by atoms with Crippen LogP contribution in [0, 0.1) is 12.7 Å². The Kier molecular flexibility index (Phi) is 6.34. The van der Waals surface area contributed by atoms with Crippen LogP contribution in [-0.2, 0) is 14.8 Å². The highest BCUT2D eigenvalue weighted by molar-refractivity contribution is 7.89. The van der Waals surface area contributed by atoms with Crippen LogP contribution in [0.2, 0.25) is 0 Å². The summed E-state index contributed by atoms with van der Waals surface area (Å²) >= 11 is 0. The molecule has 20 heavy (non-hydrogen) atoms. The number of nitrogens with two attached hydrogens (primary N) is 1. The van der Waals surface area contributed by atoms with Crippen molar-refractivity contribution >= 4 is 15.7 Å². The quantitative estimate of drug-likeness (QED) is 0.476. The number of anilines is 1. The molecule has 1 rings (SSSR count). The van der Waals surface area contributed by atoms with Gasteiger partial charge in [-0.05, 0) is 31.0 Å². The first-order valence-corrected chi connectivity index (χ1v) is 7.60. The maximum absolute atomic E-state index is 13.7. The topological polar surface area (TPSA) is 102 Å². The van der Waals surface area contributed by atoms with Crippen LogP contribution in [0.15, 0.2) is 17.0 Å². The third-order valence-electron chi connectivity index (χ3n) is 2.60. The smallest absolute Gasteiger partial charge is 0.243 e. The lowest BCUT2D eigenvalue weighted by Crippen LogP contribution is -2.26. The summed E-state index contributed by atoms with van der Waals surface area (Å²) in [5, 5.41) is 8.49. The van der Waals surface area contributed by atoms with Crippen molar-refractivity contribution in [2.45, 2.75) is 18.2 Å². The number of rotatable bonds is 8. The van der Waals surface area contributed by atoms with Crippen molar-refractivity contribution in [3.8, 4) is 0 Å². The minimum atomic E-state index is -3.93. The Hall–Kier alpha value is -1.22. The number of halogens is 1. The summed E-state index contributed by atoms with van der Waals surface area (Å²) in [5.74, 6) is -0.833. The van der Waals surface area contributed by atoms with E-state index in [0.29, 0.717) is 18.6 Å². The molecule has 0 aliphatic carbocycles. The maximum atomic E-state index is 13.7. The van der Waals surface area contributed by atoms with Crippen molar-refractivity contribution in [3.05, 3.63) is 23.5 Å². The molecule has 0 fully saturated rings. The zero-order chi connectivity index (χ0) is 15.2. The van der Waals surface area contributed by atoms with Crippen molar-refractivity contribution in [1.82, 2.24) is 4.72 Å². The highest BCUT2D eigenvalue weighted by Crippen LogP contribution is 2.21. The van der Waals surface area contributed by atoms with Gasteiger partial charge in [0.1, 0.15) is 10.7 Å². The summed E-state index contributed by atoms with van der Waals surface area (Å²) in [6.07, 6.45) is 0.419. The predicted molar refractivity (Wildman–Crippen MR) is 73.3 cm³/mol. The molecular weight excluding hydrogens is 287 g/mol. The molecule has 0 aliphatic rings. The van der Waals surface area contributed by atoms with E-state index in [0.717, 1.165) is 12.1 Å². The van der Waals surface area contributed by atoms with E-state index in [1.807, 2.05) is 0 Å². The second-order valence-corrected chi connectivity index (χ2v) is 5.96. The SMILES string of the molecule is Cc1cc(F)c(S(=O)(=O)NCCCOCCO)cc1N. The maximum Gasteiger partial charge on any atom is 0.243 e. The van der Waals surface area contributed by atoms with Gasteiger partial charge in [0.05, 0.1) is 13.2 Å². The van der Waals surface area contributed by atoms with E-state index in [4.69, 9.17) is 15.6 Å². The van der Waals surface area contributed by atoms with Crippen molar-refractivity contribution in [1.29, 1.82) is 0 Å². The number of benzene rings is 1. The van der Waals surface area contributed by atoms with E-state index in [9.17, 15) is 12.8 Å². The van der Waals surface area contributed by atoms with Gasteiger partial charge in [0.15, 0.2) is 0 Å². The van der Waals surface area contributed by atoms with E-state index >= 15 is 0 Å². The number of ether oxygens (including phenoxy) is 1. The number of hydrogen-bond acceptors (Lipinski definition) is 5. The minimum absolute atomic E-state index is 0.0837. The molecule has 0 aliphatic heterocycles. The van der Waals surface area contributed by atoms with Gasteiger partial charge in [0.2, 0.25) is 10.0 Å². The predicted octanol–water partition coefficient (Wildman–Crippen LogP) is 0.394. The van der Waals surface area contributed by atoms with Gasteiger partial charge >= 0.3 is 0 Å². The van der Waals surface area contributed by atoms with E-state index < -0.39 is 20.7 Å². The van der Waals surface area contributed by atoms with Crippen molar-refractivity contribution in [2.75, 3.05) is 32.1 Å². The van der Waals surface area contributed by atoms with Gasteiger partial charge in [-0.1, -0.05) is 0 Å². The number of hydrogen-bond donors (Lipinski definition) is 3. The molecule has 0 bridgehead atoms. The zero-order valence-electron chi connectivity index (χ0n) is 11.2. The van der Waals surface area contributed by atoms with Gasteiger partial charge in [-0.15, -0.1) is 0 Å². The molecule has 4 N–H and O–H groups in total. The second kappa shape index (κ2) is 7.53. The number of aliphatic hydroxyl groups is 1. The molecule has 0 saturated carbocycles. The molecule has 0 radical (unpaired) electrons. The van der Waals surface area contributed by atoms with Gasteiger partial charge in [-0.25, -0.2) is 17.5 Å². The van der Waals surface area contributed by atoms with Crippen LogP contribution in [0.4, 0.5) is 10.1 Å². The molecule has 0 amide bonds. The number of aliphatic hydroxyl groups excluding tert-OH is 1. The van der Waals surface area contributed by atoms with Crippen LogP contribution in [0.5, 0.6) is 0 Å². The fourth-order valence-electron chi connectivity index (χ4n) is 1.50. The number of aryl methyl sites for hydroxylation is 1. The van der Waals surface area contributed by atoms with Crippen molar-refractivity contribution < 1.29 is 22.7 Å². The Labute approximate surface area is 117 Å². The first-order valence-electron chi connectivity index (χ1n) is 6.12. The summed E-state index contributed by atoms with van der Waals surface area (Å²) in [5.41, 5.74) is 6.30. The molecular formula is C12H19FN2O4S. The lowest BCUT2D eigenvalue weighted by atomic mass is 10.2. The van der Waals surface area contributed by atoms with Crippen LogP contribution in [0.25, 0.3) is 0 Å². The Balaban J connectivity index is 2.63. The van der Waals surface area contributed by atoms with E-state index in [-0.39, 0.29) is 25.4 Å². The molecule has 1 aromatic carbocycles. The molecule has 0 atom stereocenters. The fourth-order valence-corrected chi connectivity index (χ4v) is 2.67. The summed E-state index contributed by atoms with van der Waals surface area (Å²) < 4.78 is 44.8. The van der Waals surface area contributed by atoms with Crippen LogP contribution in [0.1, 0.15) is 12.0 Å². The average Bonchev–Trinajstić information content (AvgIpc) is 2.37. The summed E-state index contributed by atoms with van der Waals surface area (Å²) in [6, 6.07) is 2.20. The van der Waals surface area contributed by atoms with E-state index in [1.165, 1.54) is 0 Å². The Bertz CT molecular complexity index is 549. The van der Waals surface area contributed by atoms with E-state index in [1.54, 1.807) is 6.92 Å². The van der Waals surface area contributed by atoms with Crippen LogP contribution < -0.4 is 10.5 Å². The summed E-state index contributed by atoms with van der Waals surface area (Å²) in [4.78, 5) is -0.461.